The summed E-state index contributed by atoms with van der Waals surface area (Å²) in [6, 6.07) is 2.41. The van der Waals surface area contributed by atoms with Crippen LogP contribution >= 0.6 is 11.8 Å². The van der Waals surface area contributed by atoms with Crippen LogP contribution < -0.4 is 10.1 Å². The zero-order valence-corrected chi connectivity index (χ0v) is 12.7. The first kappa shape index (κ1) is 14.4. The molecule has 0 aliphatic heterocycles. The predicted octanol–water partition coefficient (Wildman–Crippen LogP) is 3.35. The van der Waals surface area contributed by atoms with Gasteiger partial charge in [-0.05, 0) is 39.4 Å². The number of nitrogens with one attached hydrogen (secondary N) is 1. The molecule has 2 unspecified atom stereocenters. The second-order valence-corrected chi connectivity index (χ2v) is 6.41. The summed E-state index contributed by atoms with van der Waals surface area (Å²) in [6.07, 6.45) is 8.97. The molecule has 2 atom stereocenters. The third-order valence-electron chi connectivity index (χ3n) is 3.31. The van der Waals surface area contributed by atoms with Crippen LogP contribution in [0.4, 0.5) is 5.82 Å². The van der Waals surface area contributed by atoms with Gasteiger partial charge in [0, 0.05) is 17.4 Å². The Morgan fingerprint density at radius 1 is 1.37 bits per heavy atom. The van der Waals surface area contributed by atoms with Gasteiger partial charge in [-0.2, -0.15) is 11.8 Å². The van der Waals surface area contributed by atoms with Gasteiger partial charge >= 0.3 is 0 Å². The van der Waals surface area contributed by atoms with Crippen molar-refractivity contribution in [2.75, 3.05) is 11.6 Å². The molecule has 1 saturated carbocycles. The second kappa shape index (κ2) is 6.98. The van der Waals surface area contributed by atoms with Crippen molar-refractivity contribution in [3.05, 3.63) is 12.4 Å². The number of nitrogens with zero attached hydrogens (tertiary/aromatic N) is 2. The van der Waals surface area contributed by atoms with Crippen LogP contribution in [-0.4, -0.2) is 33.6 Å². The normalized spacial score (nSPS) is 23.4. The topological polar surface area (TPSA) is 47.0 Å². The summed E-state index contributed by atoms with van der Waals surface area (Å²) >= 11 is 1.97. The van der Waals surface area contributed by atoms with Crippen molar-refractivity contribution in [2.45, 2.75) is 56.9 Å². The first-order chi connectivity index (χ1) is 9.17. The Labute approximate surface area is 119 Å². The van der Waals surface area contributed by atoms with E-state index in [2.05, 4.69) is 21.5 Å². The molecular weight excluding hydrogens is 258 g/mol. The molecule has 106 valence electrons. The SMILES string of the molecule is CSC1CCCC(Nc2cc(OC(C)C)ncn2)C1. The molecule has 2 rings (SSSR count). The van der Waals surface area contributed by atoms with Gasteiger partial charge in [0.1, 0.15) is 12.1 Å². The van der Waals surface area contributed by atoms with Crippen LogP contribution in [0.2, 0.25) is 0 Å². The average molecular weight is 281 g/mol. The number of hydrogen-bond acceptors (Lipinski definition) is 5. The van der Waals surface area contributed by atoms with E-state index in [4.69, 9.17) is 4.74 Å². The molecule has 1 aliphatic carbocycles. The van der Waals surface area contributed by atoms with Gasteiger partial charge in [-0.3, -0.25) is 0 Å². The Hall–Kier alpha value is -0.970. The third-order valence-corrected chi connectivity index (χ3v) is 4.40. The Morgan fingerprint density at radius 2 is 2.21 bits per heavy atom. The average Bonchev–Trinajstić information content (AvgIpc) is 2.38. The van der Waals surface area contributed by atoms with Gasteiger partial charge in [-0.25, -0.2) is 9.97 Å². The van der Waals surface area contributed by atoms with E-state index in [1.165, 1.54) is 25.7 Å². The molecule has 0 saturated heterocycles. The Bertz CT molecular complexity index is 400. The second-order valence-electron chi connectivity index (χ2n) is 5.27. The molecule has 5 heteroatoms. The van der Waals surface area contributed by atoms with Crippen molar-refractivity contribution in [2.24, 2.45) is 0 Å². The lowest BCUT2D eigenvalue weighted by Gasteiger charge is -2.29. The maximum Gasteiger partial charge on any atom is 0.218 e. The highest BCUT2D eigenvalue weighted by Crippen LogP contribution is 2.28. The van der Waals surface area contributed by atoms with Crippen molar-refractivity contribution in [3.63, 3.8) is 0 Å². The minimum Gasteiger partial charge on any atom is -0.475 e. The van der Waals surface area contributed by atoms with Crippen LogP contribution in [0.25, 0.3) is 0 Å². The summed E-state index contributed by atoms with van der Waals surface area (Å²) in [7, 11) is 0. The van der Waals surface area contributed by atoms with Gasteiger partial charge in [-0.15, -0.1) is 0 Å². The zero-order chi connectivity index (χ0) is 13.7. The lowest BCUT2D eigenvalue weighted by atomic mass is 9.95. The number of ether oxygens (including phenoxy) is 1. The maximum atomic E-state index is 5.59. The fourth-order valence-corrected chi connectivity index (χ4v) is 3.25. The van der Waals surface area contributed by atoms with Gasteiger partial charge in [0.2, 0.25) is 5.88 Å². The molecule has 4 nitrogen and oxygen atoms in total. The lowest BCUT2D eigenvalue weighted by Crippen LogP contribution is -2.28. The number of hydrogen-bond donors (Lipinski definition) is 1. The molecule has 1 fully saturated rings. The molecule has 1 aromatic heterocycles. The minimum absolute atomic E-state index is 0.137. The summed E-state index contributed by atoms with van der Waals surface area (Å²) in [6.45, 7) is 4.00. The van der Waals surface area contributed by atoms with E-state index in [-0.39, 0.29) is 6.10 Å². The summed E-state index contributed by atoms with van der Waals surface area (Å²) in [5.41, 5.74) is 0. The Kier molecular flexibility index (Phi) is 5.31. The predicted molar refractivity (Wildman–Crippen MR) is 81.0 cm³/mol. The van der Waals surface area contributed by atoms with Crippen LogP contribution in [0, 0.1) is 0 Å². The van der Waals surface area contributed by atoms with Crippen molar-refractivity contribution >= 4 is 17.6 Å². The largest absolute Gasteiger partial charge is 0.475 e. The molecule has 0 radical (unpaired) electrons. The summed E-state index contributed by atoms with van der Waals surface area (Å²) in [5, 5.41) is 4.29. The quantitative estimate of drug-likeness (QED) is 0.897. The van der Waals surface area contributed by atoms with E-state index in [1.54, 1.807) is 6.33 Å². The van der Waals surface area contributed by atoms with Crippen LogP contribution in [0.3, 0.4) is 0 Å². The zero-order valence-electron chi connectivity index (χ0n) is 11.9. The van der Waals surface area contributed by atoms with Crippen molar-refractivity contribution < 1.29 is 4.74 Å². The number of rotatable bonds is 5. The van der Waals surface area contributed by atoms with Gasteiger partial charge < -0.3 is 10.1 Å². The first-order valence-electron chi connectivity index (χ1n) is 6.95. The highest BCUT2D eigenvalue weighted by atomic mass is 32.2. The van der Waals surface area contributed by atoms with E-state index in [0.717, 1.165) is 11.1 Å². The highest BCUT2D eigenvalue weighted by Gasteiger charge is 2.21. The molecule has 19 heavy (non-hydrogen) atoms. The molecule has 0 spiro atoms. The number of aromatic nitrogens is 2. The number of anilines is 1. The maximum absolute atomic E-state index is 5.59. The fraction of sp³-hybridized carbons (Fsp3) is 0.714. The first-order valence-corrected chi connectivity index (χ1v) is 8.24. The van der Waals surface area contributed by atoms with Crippen LogP contribution in [0.5, 0.6) is 5.88 Å². The van der Waals surface area contributed by atoms with E-state index in [0.29, 0.717) is 11.9 Å². The monoisotopic (exact) mass is 281 g/mol. The van der Waals surface area contributed by atoms with Crippen molar-refractivity contribution in [1.29, 1.82) is 0 Å². The van der Waals surface area contributed by atoms with E-state index >= 15 is 0 Å². The van der Waals surface area contributed by atoms with Crippen molar-refractivity contribution in [1.82, 2.24) is 9.97 Å². The fourth-order valence-electron chi connectivity index (χ4n) is 2.42. The minimum atomic E-state index is 0.137. The van der Waals surface area contributed by atoms with Crippen LogP contribution in [0.15, 0.2) is 12.4 Å². The third kappa shape index (κ3) is 4.56. The van der Waals surface area contributed by atoms with E-state index in [9.17, 15) is 0 Å². The van der Waals surface area contributed by atoms with Crippen LogP contribution in [-0.2, 0) is 0 Å². The van der Waals surface area contributed by atoms with Crippen molar-refractivity contribution in [3.8, 4) is 5.88 Å². The Morgan fingerprint density at radius 3 is 2.95 bits per heavy atom. The van der Waals surface area contributed by atoms with Gasteiger partial charge in [0.25, 0.3) is 0 Å². The molecule has 1 heterocycles. The summed E-state index contributed by atoms with van der Waals surface area (Å²) in [4.78, 5) is 8.41. The van der Waals surface area contributed by atoms with Gasteiger partial charge in [-0.1, -0.05) is 6.42 Å². The molecule has 1 aliphatic rings. The van der Waals surface area contributed by atoms with E-state index < -0.39 is 0 Å². The highest BCUT2D eigenvalue weighted by molar-refractivity contribution is 7.99. The van der Waals surface area contributed by atoms with Crippen LogP contribution in [0.1, 0.15) is 39.5 Å². The molecule has 0 amide bonds. The van der Waals surface area contributed by atoms with Gasteiger partial charge in [0.05, 0.1) is 6.10 Å². The standard InChI is InChI=1S/C14H23N3OS/c1-10(2)18-14-8-13(15-9-16-14)17-11-5-4-6-12(7-11)19-3/h8-12H,4-7H2,1-3H3,(H,15,16,17). The summed E-state index contributed by atoms with van der Waals surface area (Å²) in [5.74, 6) is 1.52. The molecule has 1 aromatic rings. The van der Waals surface area contributed by atoms with E-state index in [1.807, 2.05) is 31.7 Å². The molecule has 0 bridgehead atoms. The Balaban J connectivity index is 1.94. The molecule has 0 aromatic carbocycles. The molecule has 1 N–H and O–H groups in total. The smallest absolute Gasteiger partial charge is 0.218 e. The number of thioether (sulfide) groups is 1. The lowest BCUT2D eigenvalue weighted by molar-refractivity contribution is 0.232. The molecular formula is C14H23N3OS. The summed E-state index contributed by atoms with van der Waals surface area (Å²) < 4.78 is 5.59. The van der Waals surface area contributed by atoms with Gasteiger partial charge in [0.15, 0.2) is 0 Å².